The lowest BCUT2D eigenvalue weighted by atomic mass is 9.50. The Morgan fingerprint density at radius 2 is 1.68 bits per heavy atom. The van der Waals surface area contributed by atoms with Crippen LogP contribution in [0.25, 0.3) is 0 Å². The average Bonchev–Trinajstić information content (AvgIpc) is 2.51. The van der Waals surface area contributed by atoms with Gasteiger partial charge in [0, 0.05) is 6.42 Å². The monoisotopic (exact) mass is 431 g/mol. The van der Waals surface area contributed by atoms with E-state index >= 15 is 0 Å². The number of rotatable bonds is 8. The van der Waals surface area contributed by atoms with Crippen LogP contribution in [-0.4, -0.2) is 47.4 Å². The van der Waals surface area contributed by atoms with Crippen molar-refractivity contribution in [2.75, 3.05) is 6.61 Å². The second kappa shape index (κ2) is 7.09. The summed E-state index contributed by atoms with van der Waals surface area (Å²) >= 11 is 0. The first kappa shape index (κ1) is 21.8. The van der Waals surface area contributed by atoms with Gasteiger partial charge in [0.25, 0.3) is 0 Å². The van der Waals surface area contributed by atoms with Crippen LogP contribution in [0.2, 0.25) is 0 Å². The maximum absolute atomic E-state index is 13.3. The molecule has 0 aromatic carbocycles. The van der Waals surface area contributed by atoms with Crippen LogP contribution in [-0.2, 0) is 19.6 Å². The highest BCUT2D eigenvalue weighted by Crippen LogP contribution is 2.58. The van der Waals surface area contributed by atoms with Crippen molar-refractivity contribution in [3.63, 3.8) is 0 Å². The van der Waals surface area contributed by atoms with Crippen molar-refractivity contribution in [1.29, 1.82) is 0 Å². The number of unbranched alkanes of at least 4 members (excludes halogenated alkanes) is 1. The van der Waals surface area contributed by atoms with Crippen molar-refractivity contribution in [3.8, 4) is 0 Å². The third-order valence-corrected chi connectivity index (χ3v) is 7.31. The minimum Gasteiger partial charge on any atom is -0.743 e. The normalized spacial score (nSPS) is 35.2. The zero-order chi connectivity index (χ0) is 21.0. The molecule has 0 aromatic rings. The lowest BCUT2D eigenvalue weighted by Crippen LogP contribution is -2.56. The topological polar surface area (TPSA) is 104 Å². The quantitative estimate of drug-likeness (QED) is 0.274. The van der Waals surface area contributed by atoms with Crippen LogP contribution in [0.5, 0.6) is 0 Å². The summed E-state index contributed by atoms with van der Waals surface area (Å²) in [6, 6.07) is 0. The van der Waals surface area contributed by atoms with Crippen molar-refractivity contribution in [2.24, 2.45) is 23.7 Å². The number of ether oxygens (including phenoxy) is 1. The Morgan fingerprint density at radius 3 is 2.18 bits per heavy atom. The molecule has 0 aliphatic heterocycles. The SMILES string of the molecule is O=C(OCCCCC(F)(F)C(F)(F)S(=O)(=O)[O-])C1C2CC3CC1CC(O)(C3)C2. The van der Waals surface area contributed by atoms with Gasteiger partial charge < -0.3 is 14.4 Å². The molecule has 28 heavy (non-hydrogen) atoms. The Bertz CT molecular complexity index is 709. The predicted octanol–water partition coefficient (Wildman–Crippen LogP) is 2.66. The van der Waals surface area contributed by atoms with Crippen molar-refractivity contribution in [3.05, 3.63) is 0 Å². The standard InChI is InChI=1S/C17H24F4O6S/c18-16(19,17(20,21)28(24,25)26)3-1-2-4-27-14(22)13-11-5-10-6-12(13)9-15(23,7-10)8-11/h10-13,23H,1-9H2,(H,24,25,26)/p-1. The van der Waals surface area contributed by atoms with Crippen LogP contribution in [0.3, 0.4) is 0 Å². The van der Waals surface area contributed by atoms with Gasteiger partial charge in [-0.05, 0) is 62.7 Å². The third kappa shape index (κ3) is 3.89. The van der Waals surface area contributed by atoms with Crippen molar-refractivity contribution in [2.45, 2.75) is 68.1 Å². The molecule has 0 spiro atoms. The van der Waals surface area contributed by atoms with Gasteiger partial charge in [0.05, 0.1) is 18.1 Å². The van der Waals surface area contributed by atoms with Crippen LogP contribution >= 0.6 is 0 Å². The van der Waals surface area contributed by atoms with Gasteiger partial charge in [-0.1, -0.05) is 0 Å². The fourth-order valence-corrected chi connectivity index (χ4v) is 5.88. The summed E-state index contributed by atoms with van der Waals surface area (Å²) < 4.78 is 88.9. The van der Waals surface area contributed by atoms with Gasteiger partial charge in [0.15, 0.2) is 10.1 Å². The van der Waals surface area contributed by atoms with Crippen LogP contribution < -0.4 is 0 Å². The summed E-state index contributed by atoms with van der Waals surface area (Å²) in [6.45, 7) is -0.256. The predicted molar refractivity (Wildman–Crippen MR) is 86.4 cm³/mol. The largest absolute Gasteiger partial charge is 0.743 e. The summed E-state index contributed by atoms with van der Waals surface area (Å²) in [7, 11) is -6.48. The van der Waals surface area contributed by atoms with E-state index in [0.29, 0.717) is 18.8 Å². The molecule has 0 saturated heterocycles. The molecule has 0 heterocycles. The van der Waals surface area contributed by atoms with E-state index in [9.17, 15) is 40.4 Å². The van der Waals surface area contributed by atoms with E-state index < -0.39 is 45.7 Å². The highest BCUT2D eigenvalue weighted by Gasteiger charge is 2.61. The molecule has 4 saturated carbocycles. The fourth-order valence-electron chi connectivity index (χ4n) is 5.41. The zero-order valence-electron chi connectivity index (χ0n) is 15.1. The molecule has 4 rings (SSSR count). The molecule has 0 amide bonds. The lowest BCUT2D eigenvalue weighted by molar-refractivity contribution is -0.182. The number of hydrogen-bond acceptors (Lipinski definition) is 6. The lowest BCUT2D eigenvalue weighted by Gasteiger charge is -2.57. The van der Waals surface area contributed by atoms with Gasteiger partial charge in [-0.3, -0.25) is 4.79 Å². The van der Waals surface area contributed by atoms with Gasteiger partial charge in [-0.2, -0.15) is 17.6 Å². The maximum atomic E-state index is 13.3. The first-order valence-electron chi connectivity index (χ1n) is 9.36. The Hall–Kier alpha value is -0.940. The van der Waals surface area contributed by atoms with Gasteiger partial charge in [-0.25, -0.2) is 8.42 Å². The van der Waals surface area contributed by atoms with Crippen LogP contribution in [0, 0.1) is 23.7 Å². The molecule has 4 bridgehead atoms. The first-order valence-corrected chi connectivity index (χ1v) is 10.8. The molecule has 2 atom stereocenters. The van der Waals surface area contributed by atoms with E-state index in [0.717, 1.165) is 19.3 Å². The second-order valence-corrected chi connectivity index (χ2v) is 9.94. The Morgan fingerprint density at radius 1 is 1.11 bits per heavy atom. The molecule has 162 valence electrons. The summed E-state index contributed by atoms with van der Waals surface area (Å²) in [5.41, 5.74) is -0.702. The van der Waals surface area contributed by atoms with E-state index in [1.165, 1.54) is 0 Å². The smallest absolute Gasteiger partial charge is 0.396 e. The zero-order valence-corrected chi connectivity index (χ0v) is 15.9. The summed E-state index contributed by atoms with van der Waals surface area (Å²) in [5.74, 6) is -5.31. The van der Waals surface area contributed by atoms with Crippen LogP contribution in [0.15, 0.2) is 0 Å². The number of alkyl halides is 4. The molecular weight excluding hydrogens is 408 g/mol. The van der Waals surface area contributed by atoms with Gasteiger partial charge >= 0.3 is 17.1 Å². The van der Waals surface area contributed by atoms with Crippen LogP contribution in [0.4, 0.5) is 17.6 Å². The van der Waals surface area contributed by atoms with E-state index in [1.54, 1.807) is 0 Å². The summed E-state index contributed by atoms with van der Waals surface area (Å²) in [5, 5.41) is 4.81. The molecule has 0 aromatic heterocycles. The number of aliphatic hydroxyl groups is 1. The Labute approximate surface area is 160 Å². The van der Waals surface area contributed by atoms with Crippen molar-refractivity contribution >= 4 is 16.1 Å². The third-order valence-electron chi connectivity index (χ3n) is 6.38. The van der Waals surface area contributed by atoms with E-state index in [2.05, 4.69) is 0 Å². The summed E-state index contributed by atoms with van der Waals surface area (Å²) in [4.78, 5) is 12.4. The molecule has 4 aliphatic rings. The Balaban J connectivity index is 1.44. The molecule has 4 aliphatic carbocycles. The number of esters is 1. The molecule has 0 radical (unpaired) electrons. The average molecular weight is 431 g/mol. The second-order valence-electron chi connectivity index (χ2n) is 8.52. The van der Waals surface area contributed by atoms with Crippen LogP contribution in [0.1, 0.15) is 51.4 Å². The number of carbonyl (C=O) groups is 1. The Kier molecular flexibility index (Phi) is 5.51. The number of carbonyl (C=O) groups excluding carboxylic acids is 1. The van der Waals surface area contributed by atoms with Gasteiger partial charge in [0.1, 0.15) is 0 Å². The highest BCUT2D eigenvalue weighted by molar-refractivity contribution is 7.86. The first-order chi connectivity index (χ1) is 12.8. The number of halogens is 4. The van der Waals surface area contributed by atoms with E-state index in [-0.39, 0.29) is 30.8 Å². The minimum atomic E-state index is -6.48. The van der Waals surface area contributed by atoms with Crippen molar-refractivity contribution < 1.29 is 45.2 Å². The molecule has 6 nitrogen and oxygen atoms in total. The maximum Gasteiger partial charge on any atom is 0.396 e. The van der Waals surface area contributed by atoms with Crippen molar-refractivity contribution in [1.82, 2.24) is 0 Å². The highest BCUT2D eigenvalue weighted by atomic mass is 32.2. The molecule has 11 heteroatoms. The number of hydrogen-bond donors (Lipinski definition) is 1. The fraction of sp³-hybridized carbons (Fsp3) is 0.941. The summed E-state index contributed by atoms with van der Waals surface area (Å²) in [6.07, 6.45) is 1.35. The molecule has 1 N–H and O–H groups in total. The molecule has 4 fully saturated rings. The van der Waals surface area contributed by atoms with Gasteiger partial charge in [0.2, 0.25) is 0 Å². The molecular formula is C17H23F4O6S-. The van der Waals surface area contributed by atoms with Gasteiger partial charge in [-0.15, -0.1) is 0 Å². The van der Waals surface area contributed by atoms with E-state index in [4.69, 9.17) is 4.74 Å². The van der Waals surface area contributed by atoms with E-state index in [1.807, 2.05) is 0 Å². The minimum absolute atomic E-state index is 0.0361. The molecule has 2 unspecified atom stereocenters.